The number of aromatic nitrogens is 2. The number of nitrogens with zero attached hydrogens (tertiary/aromatic N) is 2. The first kappa shape index (κ1) is 9.64. The molecular weight excluding hydrogens is 294 g/mol. The molecule has 72 valence electrons. The fourth-order valence-electron chi connectivity index (χ4n) is 1.23. The number of hydrogen-bond acceptors (Lipinski definition) is 1. The van der Waals surface area contributed by atoms with Gasteiger partial charge in [0, 0.05) is 0 Å². The van der Waals surface area contributed by atoms with Crippen LogP contribution in [0.5, 0.6) is 0 Å². The first-order chi connectivity index (χ1) is 6.68. The standard InChI is InChI=1S/C10H8FIN2/c1-7-10(12)6-13-14(7)9-4-2-8(11)3-5-9/h2-6H,1H3. The highest BCUT2D eigenvalue weighted by molar-refractivity contribution is 14.1. The summed E-state index contributed by atoms with van der Waals surface area (Å²) in [5.74, 6) is -0.228. The summed E-state index contributed by atoms with van der Waals surface area (Å²) in [5.41, 5.74) is 1.95. The second-order valence-electron chi connectivity index (χ2n) is 2.97. The first-order valence-electron chi connectivity index (χ1n) is 4.14. The summed E-state index contributed by atoms with van der Waals surface area (Å²) in [6.07, 6.45) is 1.79. The van der Waals surface area contributed by atoms with Gasteiger partial charge in [-0.1, -0.05) is 0 Å². The fourth-order valence-corrected chi connectivity index (χ4v) is 1.59. The molecule has 0 saturated heterocycles. The van der Waals surface area contributed by atoms with Crippen LogP contribution in [0.15, 0.2) is 30.5 Å². The third-order valence-corrected chi connectivity index (χ3v) is 3.08. The maximum Gasteiger partial charge on any atom is 0.123 e. The van der Waals surface area contributed by atoms with E-state index in [2.05, 4.69) is 27.7 Å². The molecule has 0 bridgehead atoms. The minimum atomic E-state index is -0.228. The third kappa shape index (κ3) is 1.66. The molecule has 2 nitrogen and oxygen atoms in total. The Hall–Kier alpha value is -0.910. The average Bonchev–Trinajstić information content (AvgIpc) is 2.50. The van der Waals surface area contributed by atoms with E-state index in [4.69, 9.17) is 0 Å². The molecule has 1 heterocycles. The van der Waals surface area contributed by atoms with Gasteiger partial charge in [-0.25, -0.2) is 9.07 Å². The molecule has 0 aliphatic carbocycles. The fraction of sp³-hybridized carbons (Fsp3) is 0.100. The SMILES string of the molecule is Cc1c(I)cnn1-c1ccc(F)cc1. The van der Waals surface area contributed by atoms with E-state index in [9.17, 15) is 4.39 Å². The highest BCUT2D eigenvalue weighted by atomic mass is 127. The van der Waals surface area contributed by atoms with Gasteiger partial charge < -0.3 is 0 Å². The van der Waals surface area contributed by atoms with Crippen LogP contribution < -0.4 is 0 Å². The van der Waals surface area contributed by atoms with Gasteiger partial charge in [-0.3, -0.25) is 0 Å². The molecule has 14 heavy (non-hydrogen) atoms. The van der Waals surface area contributed by atoms with Gasteiger partial charge in [-0.15, -0.1) is 0 Å². The lowest BCUT2D eigenvalue weighted by molar-refractivity contribution is 0.627. The van der Waals surface area contributed by atoms with Crippen molar-refractivity contribution in [3.63, 3.8) is 0 Å². The van der Waals surface area contributed by atoms with Crippen LogP contribution in [-0.4, -0.2) is 9.78 Å². The van der Waals surface area contributed by atoms with Crippen molar-refractivity contribution < 1.29 is 4.39 Å². The van der Waals surface area contributed by atoms with Gasteiger partial charge in [0.1, 0.15) is 5.82 Å². The van der Waals surface area contributed by atoms with Crippen molar-refractivity contribution in [2.75, 3.05) is 0 Å². The topological polar surface area (TPSA) is 17.8 Å². The Balaban J connectivity index is 2.49. The zero-order valence-electron chi connectivity index (χ0n) is 7.54. The Bertz CT molecular complexity index is 448. The molecule has 0 fully saturated rings. The molecule has 0 spiro atoms. The molecule has 4 heteroatoms. The number of hydrogen-bond donors (Lipinski definition) is 0. The molecule has 1 aromatic carbocycles. The maximum absolute atomic E-state index is 12.7. The van der Waals surface area contributed by atoms with Gasteiger partial charge in [0.2, 0.25) is 0 Å². The summed E-state index contributed by atoms with van der Waals surface area (Å²) in [6.45, 7) is 1.98. The highest BCUT2D eigenvalue weighted by Crippen LogP contribution is 2.15. The normalized spacial score (nSPS) is 10.5. The van der Waals surface area contributed by atoms with Gasteiger partial charge in [0.15, 0.2) is 0 Å². The third-order valence-electron chi connectivity index (χ3n) is 2.02. The molecule has 0 aliphatic rings. The number of benzene rings is 1. The van der Waals surface area contributed by atoms with Crippen LogP contribution in [0.1, 0.15) is 5.69 Å². The molecule has 0 unspecified atom stereocenters. The van der Waals surface area contributed by atoms with Crippen molar-refractivity contribution in [1.29, 1.82) is 0 Å². The van der Waals surface area contributed by atoms with E-state index in [1.54, 1.807) is 23.0 Å². The predicted octanol–water partition coefficient (Wildman–Crippen LogP) is 2.92. The minimum absolute atomic E-state index is 0.228. The van der Waals surface area contributed by atoms with E-state index in [0.29, 0.717) is 0 Å². The van der Waals surface area contributed by atoms with Crippen LogP contribution in [-0.2, 0) is 0 Å². The lowest BCUT2D eigenvalue weighted by Crippen LogP contribution is -1.98. The monoisotopic (exact) mass is 302 g/mol. The van der Waals surface area contributed by atoms with Crippen LogP contribution in [0, 0.1) is 16.3 Å². The summed E-state index contributed by atoms with van der Waals surface area (Å²) >= 11 is 2.22. The van der Waals surface area contributed by atoms with Crippen molar-refractivity contribution in [2.24, 2.45) is 0 Å². The lowest BCUT2D eigenvalue weighted by atomic mass is 10.3. The molecule has 0 radical (unpaired) electrons. The zero-order valence-corrected chi connectivity index (χ0v) is 9.69. The van der Waals surface area contributed by atoms with Crippen molar-refractivity contribution >= 4 is 22.6 Å². The van der Waals surface area contributed by atoms with Gasteiger partial charge in [0.25, 0.3) is 0 Å². The van der Waals surface area contributed by atoms with Crippen LogP contribution in [0.4, 0.5) is 4.39 Å². The first-order valence-corrected chi connectivity index (χ1v) is 5.22. The predicted molar refractivity (Wildman–Crippen MR) is 61.0 cm³/mol. The Morgan fingerprint density at radius 3 is 2.43 bits per heavy atom. The molecule has 2 aromatic rings. The number of halogens is 2. The van der Waals surface area contributed by atoms with Crippen molar-refractivity contribution in [3.05, 3.63) is 45.5 Å². The van der Waals surface area contributed by atoms with Crippen LogP contribution in [0.2, 0.25) is 0 Å². The molecule has 2 rings (SSSR count). The molecule has 1 aromatic heterocycles. The molecular formula is C10H8FIN2. The van der Waals surface area contributed by atoms with E-state index < -0.39 is 0 Å². The van der Waals surface area contributed by atoms with Crippen molar-refractivity contribution in [1.82, 2.24) is 9.78 Å². The minimum Gasteiger partial charge on any atom is -0.237 e. The maximum atomic E-state index is 12.7. The quantitative estimate of drug-likeness (QED) is 0.741. The second kappa shape index (κ2) is 3.68. The number of rotatable bonds is 1. The lowest BCUT2D eigenvalue weighted by Gasteiger charge is -2.03. The highest BCUT2D eigenvalue weighted by Gasteiger charge is 2.04. The average molecular weight is 302 g/mol. The molecule has 0 saturated carbocycles. The van der Waals surface area contributed by atoms with Gasteiger partial charge in [-0.05, 0) is 53.8 Å². The smallest absolute Gasteiger partial charge is 0.123 e. The van der Waals surface area contributed by atoms with Crippen molar-refractivity contribution in [2.45, 2.75) is 6.92 Å². The largest absolute Gasteiger partial charge is 0.237 e. The van der Waals surface area contributed by atoms with Crippen LogP contribution >= 0.6 is 22.6 Å². The van der Waals surface area contributed by atoms with E-state index in [1.807, 2.05) is 6.92 Å². The Morgan fingerprint density at radius 2 is 1.93 bits per heavy atom. The molecule has 0 amide bonds. The van der Waals surface area contributed by atoms with Crippen LogP contribution in [0.25, 0.3) is 5.69 Å². The molecule has 0 atom stereocenters. The Kier molecular flexibility index (Phi) is 2.54. The van der Waals surface area contributed by atoms with E-state index in [-0.39, 0.29) is 5.82 Å². The second-order valence-corrected chi connectivity index (χ2v) is 4.13. The molecule has 0 aliphatic heterocycles. The van der Waals surface area contributed by atoms with E-state index in [0.717, 1.165) is 15.0 Å². The summed E-state index contributed by atoms with van der Waals surface area (Å²) in [7, 11) is 0. The van der Waals surface area contributed by atoms with Gasteiger partial charge in [0.05, 0.1) is 21.1 Å². The van der Waals surface area contributed by atoms with Gasteiger partial charge in [-0.2, -0.15) is 5.10 Å². The van der Waals surface area contributed by atoms with E-state index >= 15 is 0 Å². The summed E-state index contributed by atoms with van der Waals surface area (Å²) in [4.78, 5) is 0. The van der Waals surface area contributed by atoms with Gasteiger partial charge >= 0.3 is 0 Å². The zero-order chi connectivity index (χ0) is 10.1. The summed E-state index contributed by atoms with van der Waals surface area (Å²) in [6, 6.07) is 6.30. The van der Waals surface area contributed by atoms with Crippen molar-refractivity contribution in [3.8, 4) is 5.69 Å². The summed E-state index contributed by atoms with van der Waals surface area (Å²) in [5, 5.41) is 4.20. The van der Waals surface area contributed by atoms with Crippen LogP contribution in [0.3, 0.4) is 0 Å². The Labute approximate surface area is 94.9 Å². The summed E-state index contributed by atoms with van der Waals surface area (Å²) < 4.78 is 15.6. The molecule has 0 N–H and O–H groups in total. The van der Waals surface area contributed by atoms with E-state index in [1.165, 1.54) is 12.1 Å². The Morgan fingerprint density at radius 1 is 1.29 bits per heavy atom.